The van der Waals surface area contributed by atoms with E-state index in [0.29, 0.717) is 6.04 Å². The molecule has 16 heavy (non-hydrogen) atoms. The average Bonchev–Trinajstić information content (AvgIpc) is 2.82. The Hall–Kier alpha value is -0.940. The zero-order valence-electron chi connectivity index (χ0n) is 9.85. The zero-order valence-corrected chi connectivity index (χ0v) is 9.85. The molecule has 1 aliphatic heterocycles. The highest BCUT2D eigenvalue weighted by Crippen LogP contribution is 2.10. The summed E-state index contributed by atoms with van der Waals surface area (Å²) in [6.07, 6.45) is 5.07. The van der Waals surface area contributed by atoms with Gasteiger partial charge in [0.25, 0.3) is 0 Å². The molecule has 1 aromatic heterocycles. The molecule has 0 aliphatic carbocycles. The van der Waals surface area contributed by atoms with Crippen molar-refractivity contribution in [2.45, 2.75) is 38.8 Å². The topological polar surface area (TPSA) is 54.2 Å². The molecule has 1 N–H and O–H groups in total. The third-order valence-electron chi connectivity index (χ3n) is 3.08. The molecule has 0 aromatic carbocycles. The highest BCUT2D eigenvalue weighted by Gasteiger charge is 2.18. The Labute approximate surface area is 96.2 Å². The fraction of sp³-hybridized carbons (Fsp3) is 0.818. The Balaban J connectivity index is 1.65. The summed E-state index contributed by atoms with van der Waals surface area (Å²) in [4.78, 5) is 6.53. The van der Waals surface area contributed by atoms with Gasteiger partial charge in [-0.25, -0.2) is 0 Å². The molecule has 0 unspecified atom stereocenters. The molecule has 0 bridgehead atoms. The van der Waals surface area contributed by atoms with Crippen molar-refractivity contribution in [3.8, 4) is 0 Å². The molecule has 0 saturated carbocycles. The molecule has 0 radical (unpaired) electrons. The smallest absolute Gasteiger partial charge is 0.213 e. The van der Waals surface area contributed by atoms with Gasteiger partial charge in [0, 0.05) is 6.04 Å². The predicted octanol–water partition coefficient (Wildman–Crippen LogP) is 1.03. The van der Waals surface area contributed by atoms with E-state index in [-0.39, 0.29) is 0 Å². The maximum atomic E-state index is 4.69. The van der Waals surface area contributed by atoms with Gasteiger partial charge in [-0.1, -0.05) is 12.1 Å². The van der Waals surface area contributed by atoms with E-state index in [0.717, 1.165) is 12.4 Å². The van der Waals surface area contributed by atoms with Crippen LogP contribution in [0.1, 0.15) is 32.0 Å². The van der Waals surface area contributed by atoms with E-state index in [1.54, 1.807) is 0 Å². The molecule has 2 heterocycles. The molecule has 1 saturated heterocycles. The maximum absolute atomic E-state index is 4.69. The zero-order chi connectivity index (χ0) is 11.2. The van der Waals surface area contributed by atoms with Crippen LogP contribution in [0.3, 0.4) is 0 Å². The molecule has 1 aliphatic rings. The summed E-state index contributed by atoms with van der Waals surface area (Å²) in [7, 11) is 0. The van der Waals surface area contributed by atoms with Gasteiger partial charge in [-0.2, -0.15) is 4.98 Å². The fourth-order valence-corrected chi connectivity index (χ4v) is 2.18. The van der Waals surface area contributed by atoms with Crippen molar-refractivity contribution >= 4 is 0 Å². The average molecular weight is 224 g/mol. The Kier molecular flexibility index (Phi) is 4.30. The molecule has 90 valence electrons. The van der Waals surface area contributed by atoms with Crippen LogP contribution in [0.15, 0.2) is 10.9 Å². The van der Waals surface area contributed by atoms with Gasteiger partial charge in [0.1, 0.15) is 0 Å². The van der Waals surface area contributed by atoms with E-state index in [9.17, 15) is 0 Å². The van der Waals surface area contributed by atoms with Crippen LogP contribution in [0.25, 0.3) is 0 Å². The molecular weight excluding hydrogens is 204 g/mol. The number of nitrogens with zero attached hydrogens (tertiary/aromatic N) is 3. The highest BCUT2D eigenvalue weighted by molar-refractivity contribution is 4.82. The summed E-state index contributed by atoms with van der Waals surface area (Å²) in [6.45, 7) is 6.60. The second kappa shape index (κ2) is 5.96. The van der Waals surface area contributed by atoms with Gasteiger partial charge in [0.05, 0.1) is 6.54 Å². The lowest BCUT2D eigenvalue weighted by Gasteiger charge is -2.31. The first kappa shape index (κ1) is 11.5. The number of hydrogen-bond acceptors (Lipinski definition) is 5. The van der Waals surface area contributed by atoms with E-state index in [1.807, 2.05) is 0 Å². The summed E-state index contributed by atoms with van der Waals surface area (Å²) < 4.78 is 4.69. The van der Waals surface area contributed by atoms with Gasteiger partial charge in [-0.05, 0) is 38.9 Å². The van der Waals surface area contributed by atoms with Crippen LogP contribution in [0.4, 0.5) is 0 Å². The van der Waals surface area contributed by atoms with Gasteiger partial charge >= 0.3 is 0 Å². The van der Waals surface area contributed by atoms with Crippen molar-refractivity contribution in [3.05, 3.63) is 12.2 Å². The first-order valence-corrected chi connectivity index (χ1v) is 6.09. The molecule has 1 fully saturated rings. The largest absolute Gasteiger partial charge is 0.343 e. The number of aromatic nitrogens is 2. The summed E-state index contributed by atoms with van der Waals surface area (Å²) in [5.74, 6) is 0.746. The number of likely N-dealkylation sites (tertiary alicyclic amines) is 1. The highest BCUT2D eigenvalue weighted by atomic mass is 16.5. The van der Waals surface area contributed by atoms with E-state index >= 15 is 0 Å². The standard InChI is InChI=1S/C11H20N4O/c1-2-5-15-6-3-10(4-7-15)12-8-11-13-9-16-14-11/h9-10,12H,2-8H2,1H3. The Morgan fingerprint density at radius 3 is 2.94 bits per heavy atom. The minimum Gasteiger partial charge on any atom is -0.343 e. The molecule has 2 rings (SSSR count). The van der Waals surface area contributed by atoms with Crippen LogP contribution in [-0.4, -0.2) is 40.7 Å². The molecular formula is C11H20N4O. The Morgan fingerprint density at radius 1 is 1.50 bits per heavy atom. The van der Waals surface area contributed by atoms with Gasteiger partial charge in [0.15, 0.2) is 5.82 Å². The maximum Gasteiger partial charge on any atom is 0.213 e. The van der Waals surface area contributed by atoms with Crippen molar-refractivity contribution in [2.24, 2.45) is 0 Å². The van der Waals surface area contributed by atoms with Crippen molar-refractivity contribution < 1.29 is 4.52 Å². The summed E-state index contributed by atoms with van der Waals surface area (Å²) in [6, 6.07) is 0.603. The van der Waals surface area contributed by atoms with Crippen molar-refractivity contribution in [2.75, 3.05) is 19.6 Å². The van der Waals surface area contributed by atoms with Crippen LogP contribution in [-0.2, 0) is 6.54 Å². The quantitative estimate of drug-likeness (QED) is 0.809. The van der Waals surface area contributed by atoms with E-state index in [1.165, 1.54) is 45.3 Å². The van der Waals surface area contributed by atoms with E-state index in [2.05, 4.69) is 27.3 Å². The van der Waals surface area contributed by atoms with Gasteiger partial charge in [-0.3, -0.25) is 0 Å². The number of rotatable bonds is 5. The predicted molar refractivity (Wildman–Crippen MR) is 60.9 cm³/mol. The Morgan fingerprint density at radius 2 is 2.31 bits per heavy atom. The first-order valence-electron chi connectivity index (χ1n) is 6.09. The Bertz CT molecular complexity index is 280. The van der Waals surface area contributed by atoms with Crippen LogP contribution in [0, 0.1) is 0 Å². The molecule has 5 heteroatoms. The van der Waals surface area contributed by atoms with Crippen molar-refractivity contribution in [1.82, 2.24) is 20.4 Å². The van der Waals surface area contributed by atoms with Crippen molar-refractivity contribution in [1.29, 1.82) is 0 Å². The monoisotopic (exact) mass is 224 g/mol. The van der Waals surface area contributed by atoms with Gasteiger partial charge in [0.2, 0.25) is 6.39 Å². The third-order valence-corrected chi connectivity index (χ3v) is 3.08. The minimum atomic E-state index is 0.603. The molecule has 0 amide bonds. The van der Waals surface area contributed by atoms with Crippen LogP contribution in [0.2, 0.25) is 0 Å². The first-order chi connectivity index (χ1) is 7.88. The lowest BCUT2D eigenvalue weighted by atomic mass is 10.0. The summed E-state index contributed by atoms with van der Waals surface area (Å²) >= 11 is 0. The second-order valence-corrected chi connectivity index (χ2v) is 4.34. The number of hydrogen-bond donors (Lipinski definition) is 1. The third kappa shape index (κ3) is 3.28. The summed E-state index contributed by atoms with van der Waals surface area (Å²) in [5.41, 5.74) is 0. The van der Waals surface area contributed by atoms with E-state index in [4.69, 9.17) is 4.52 Å². The number of nitrogens with one attached hydrogen (secondary N) is 1. The van der Waals surface area contributed by atoms with Gasteiger partial charge in [-0.15, -0.1) is 0 Å². The molecule has 0 atom stereocenters. The van der Waals surface area contributed by atoms with Crippen LogP contribution in [0.5, 0.6) is 0 Å². The normalized spacial score (nSPS) is 19.1. The van der Waals surface area contributed by atoms with E-state index < -0.39 is 0 Å². The van der Waals surface area contributed by atoms with Crippen molar-refractivity contribution in [3.63, 3.8) is 0 Å². The van der Waals surface area contributed by atoms with Crippen LogP contribution >= 0.6 is 0 Å². The molecule has 0 spiro atoms. The second-order valence-electron chi connectivity index (χ2n) is 4.34. The lowest BCUT2D eigenvalue weighted by Crippen LogP contribution is -2.42. The van der Waals surface area contributed by atoms with Crippen LogP contribution < -0.4 is 5.32 Å². The van der Waals surface area contributed by atoms with Gasteiger partial charge < -0.3 is 14.7 Å². The lowest BCUT2D eigenvalue weighted by molar-refractivity contribution is 0.197. The minimum absolute atomic E-state index is 0.603. The summed E-state index contributed by atoms with van der Waals surface area (Å²) in [5, 5.41) is 7.26. The molecule has 1 aromatic rings. The number of piperidine rings is 1. The fourth-order valence-electron chi connectivity index (χ4n) is 2.18. The molecule has 5 nitrogen and oxygen atoms in total. The SMILES string of the molecule is CCCN1CCC(NCc2ncon2)CC1.